The minimum absolute atomic E-state index is 0.246. The smallest absolute Gasteiger partial charge is 0.341 e. The molecule has 0 spiro atoms. The minimum Gasteiger partial charge on any atom is -0.497 e. The van der Waals surface area contributed by atoms with E-state index in [2.05, 4.69) is 20.9 Å². The van der Waals surface area contributed by atoms with E-state index in [0.717, 1.165) is 37.0 Å². The van der Waals surface area contributed by atoms with Crippen molar-refractivity contribution in [3.05, 3.63) is 75.1 Å². The molecular weight excluding hydrogens is 542 g/mol. The van der Waals surface area contributed by atoms with Gasteiger partial charge < -0.3 is 14.2 Å². The molecule has 1 aromatic heterocycles. The van der Waals surface area contributed by atoms with Gasteiger partial charge in [-0.05, 0) is 66.6 Å². The Morgan fingerprint density at radius 2 is 1.81 bits per heavy atom. The van der Waals surface area contributed by atoms with E-state index in [1.807, 2.05) is 43.3 Å². The average molecular weight is 566 g/mol. The lowest BCUT2D eigenvalue weighted by Gasteiger charge is -2.09. The first kappa shape index (κ1) is 25.6. The summed E-state index contributed by atoms with van der Waals surface area (Å²) in [5.74, 6) is 0.299. The molecule has 0 N–H and O–H groups in total. The number of carbonyl (C=O) groups excluding carboxylic acids is 2. The van der Waals surface area contributed by atoms with Crippen molar-refractivity contribution in [2.24, 2.45) is 4.99 Å². The van der Waals surface area contributed by atoms with Crippen molar-refractivity contribution < 1.29 is 23.8 Å². The van der Waals surface area contributed by atoms with Gasteiger partial charge in [0.25, 0.3) is 0 Å². The first-order valence-electron chi connectivity index (χ1n) is 11.2. The zero-order valence-electron chi connectivity index (χ0n) is 20.3. The second-order valence-corrected chi connectivity index (χ2v) is 10.0. The van der Waals surface area contributed by atoms with E-state index in [-0.39, 0.29) is 6.61 Å². The van der Waals surface area contributed by atoms with Crippen LogP contribution in [0.5, 0.6) is 11.5 Å². The van der Waals surface area contributed by atoms with Crippen LogP contribution < -0.4 is 9.47 Å². The average Bonchev–Trinajstić information content (AvgIpc) is 3.19. The van der Waals surface area contributed by atoms with Crippen LogP contribution in [0.4, 0.5) is 5.00 Å². The molecule has 0 bridgehead atoms. The second-order valence-electron chi connectivity index (χ2n) is 7.90. The Balaban J connectivity index is 1.83. The van der Waals surface area contributed by atoms with Gasteiger partial charge >= 0.3 is 11.9 Å². The Morgan fingerprint density at radius 3 is 2.53 bits per heavy atom. The molecule has 3 aromatic carbocycles. The van der Waals surface area contributed by atoms with E-state index in [9.17, 15) is 9.59 Å². The maximum atomic E-state index is 13.1. The fourth-order valence-corrected chi connectivity index (χ4v) is 5.25. The van der Waals surface area contributed by atoms with Crippen molar-refractivity contribution in [3.8, 4) is 22.6 Å². The molecule has 0 unspecified atom stereocenters. The van der Waals surface area contributed by atoms with Crippen molar-refractivity contribution in [1.82, 2.24) is 0 Å². The number of hydrogen-bond acceptors (Lipinski definition) is 7. The van der Waals surface area contributed by atoms with Crippen LogP contribution in [0.3, 0.4) is 0 Å². The molecule has 1 heterocycles. The highest BCUT2D eigenvalue weighted by atomic mass is 79.9. The third kappa shape index (κ3) is 5.50. The number of benzene rings is 3. The monoisotopic (exact) mass is 565 g/mol. The summed E-state index contributed by atoms with van der Waals surface area (Å²) in [5.41, 5.74) is 2.70. The standard InChI is InChI=1S/C28H24BrNO5S/c1-5-34-28(32)26-25(20-7-6-19-14-23(33-4)10-8-18(19)12-20)16(2)36-27(26)30-15-21-13-22(29)9-11-24(21)35-17(3)31/h6-15H,5H2,1-4H3/b30-15+. The summed E-state index contributed by atoms with van der Waals surface area (Å²) < 4.78 is 16.9. The first-order valence-corrected chi connectivity index (χ1v) is 12.8. The van der Waals surface area contributed by atoms with E-state index in [1.54, 1.807) is 38.4 Å². The van der Waals surface area contributed by atoms with Gasteiger partial charge in [0.05, 0.1) is 13.7 Å². The number of fused-ring (bicyclic) bond motifs is 1. The lowest BCUT2D eigenvalue weighted by atomic mass is 9.98. The fourth-order valence-electron chi connectivity index (χ4n) is 3.86. The van der Waals surface area contributed by atoms with Gasteiger partial charge in [0.1, 0.15) is 22.1 Å². The molecule has 4 rings (SSSR count). The number of ether oxygens (including phenoxy) is 3. The number of rotatable bonds is 7. The van der Waals surface area contributed by atoms with E-state index in [4.69, 9.17) is 14.2 Å². The maximum Gasteiger partial charge on any atom is 0.341 e. The summed E-state index contributed by atoms with van der Waals surface area (Å²) >= 11 is 4.85. The summed E-state index contributed by atoms with van der Waals surface area (Å²) in [6.45, 7) is 5.33. The fraction of sp³-hybridized carbons (Fsp3) is 0.179. The predicted molar refractivity (Wildman–Crippen MR) is 147 cm³/mol. The molecule has 36 heavy (non-hydrogen) atoms. The SMILES string of the molecule is CCOC(=O)c1c(/N=C/c2cc(Br)ccc2OC(C)=O)sc(C)c1-c1ccc2cc(OC)ccc2c1. The Hall–Kier alpha value is -3.49. The molecule has 0 fully saturated rings. The minimum atomic E-state index is -0.437. The largest absolute Gasteiger partial charge is 0.497 e. The van der Waals surface area contributed by atoms with Crippen LogP contribution in [-0.4, -0.2) is 31.9 Å². The molecule has 0 saturated carbocycles. The van der Waals surface area contributed by atoms with Gasteiger partial charge in [0.2, 0.25) is 0 Å². The van der Waals surface area contributed by atoms with Gasteiger partial charge in [0, 0.05) is 33.6 Å². The molecule has 0 aliphatic carbocycles. The van der Waals surface area contributed by atoms with Crippen molar-refractivity contribution in [2.75, 3.05) is 13.7 Å². The number of carbonyl (C=O) groups is 2. The normalized spacial score (nSPS) is 11.1. The summed E-state index contributed by atoms with van der Waals surface area (Å²) in [4.78, 5) is 30.2. The molecule has 0 aliphatic heterocycles. The van der Waals surface area contributed by atoms with Crippen LogP contribution >= 0.6 is 27.3 Å². The third-order valence-corrected chi connectivity index (χ3v) is 6.93. The van der Waals surface area contributed by atoms with Gasteiger partial charge in [-0.25, -0.2) is 9.79 Å². The lowest BCUT2D eigenvalue weighted by molar-refractivity contribution is -0.131. The van der Waals surface area contributed by atoms with Crippen LogP contribution in [0.25, 0.3) is 21.9 Å². The van der Waals surface area contributed by atoms with Crippen LogP contribution in [0, 0.1) is 6.92 Å². The Bertz CT molecular complexity index is 1490. The Labute approximate surface area is 221 Å². The quantitative estimate of drug-likeness (QED) is 0.132. The van der Waals surface area contributed by atoms with Crippen molar-refractivity contribution in [2.45, 2.75) is 20.8 Å². The number of nitrogens with zero attached hydrogens (tertiary/aromatic N) is 1. The van der Waals surface area contributed by atoms with Gasteiger partial charge in [0.15, 0.2) is 0 Å². The van der Waals surface area contributed by atoms with E-state index >= 15 is 0 Å². The van der Waals surface area contributed by atoms with E-state index in [1.165, 1.54) is 18.3 Å². The number of methoxy groups -OCH3 is 1. The topological polar surface area (TPSA) is 74.2 Å². The summed E-state index contributed by atoms with van der Waals surface area (Å²) in [5, 5.41) is 2.58. The molecule has 0 saturated heterocycles. The number of hydrogen-bond donors (Lipinski definition) is 0. The molecule has 0 atom stereocenters. The van der Waals surface area contributed by atoms with Gasteiger partial charge in [-0.15, -0.1) is 11.3 Å². The van der Waals surface area contributed by atoms with Crippen molar-refractivity contribution in [3.63, 3.8) is 0 Å². The Morgan fingerprint density at radius 1 is 1.06 bits per heavy atom. The molecule has 0 amide bonds. The zero-order valence-corrected chi connectivity index (χ0v) is 22.7. The van der Waals surface area contributed by atoms with E-state index < -0.39 is 11.9 Å². The summed E-state index contributed by atoms with van der Waals surface area (Å²) in [6, 6.07) is 17.2. The molecule has 184 valence electrons. The van der Waals surface area contributed by atoms with Crippen molar-refractivity contribution >= 4 is 61.2 Å². The second kappa shape index (κ2) is 11.1. The van der Waals surface area contributed by atoms with E-state index in [0.29, 0.717) is 21.9 Å². The molecular formula is C28H24BrNO5S. The predicted octanol–water partition coefficient (Wildman–Crippen LogP) is 7.50. The number of aryl methyl sites for hydroxylation is 1. The lowest BCUT2D eigenvalue weighted by Crippen LogP contribution is -2.06. The number of halogens is 1. The number of thiophene rings is 1. The van der Waals surface area contributed by atoms with Crippen LogP contribution in [0.2, 0.25) is 0 Å². The molecule has 8 heteroatoms. The molecule has 0 radical (unpaired) electrons. The molecule has 4 aromatic rings. The highest BCUT2D eigenvalue weighted by molar-refractivity contribution is 9.10. The van der Waals surface area contributed by atoms with Crippen LogP contribution in [0.1, 0.15) is 34.6 Å². The third-order valence-electron chi connectivity index (χ3n) is 5.43. The Kier molecular flexibility index (Phi) is 7.86. The van der Waals surface area contributed by atoms with Crippen molar-refractivity contribution in [1.29, 1.82) is 0 Å². The molecule has 0 aliphatic rings. The number of aliphatic imine (C=N–C) groups is 1. The molecule has 6 nitrogen and oxygen atoms in total. The summed E-state index contributed by atoms with van der Waals surface area (Å²) in [7, 11) is 1.64. The van der Waals surface area contributed by atoms with Crippen LogP contribution in [-0.2, 0) is 9.53 Å². The maximum absolute atomic E-state index is 13.1. The first-order chi connectivity index (χ1) is 17.3. The zero-order chi connectivity index (χ0) is 25.8. The summed E-state index contributed by atoms with van der Waals surface area (Å²) in [6.07, 6.45) is 1.59. The van der Waals surface area contributed by atoms with Gasteiger partial charge in [-0.1, -0.05) is 34.1 Å². The van der Waals surface area contributed by atoms with Gasteiger partial charge in [-0.2, -0.15) is 0 Å². The van der Waals surface area contributed by atoms with Crippen LogP contribution in [0.15, 0.2) is 64.1 Å². The highest BCUT2D eigenvalue weighted by Crippen LogP contribution is 2.43. The number of esters is 2. The highest BCUT2D eigenvalue weighted by Gasteiger charge is 2.24. The van der Waals surface area contributed by atoms with Gasteiger partial charge in [-0.3, -0.25) is 4.79 Å².